The number of hydrogen-bond donors (Lipinski definition) is 0. The molecule has 4 heterocycles. The van der Waals surface area contributed by atoms with Crippen LogP contribution in [0.2, 0.25) is 0 Å². The summed E-state index contributed by atoms with van der Waals surface area (Å²) >= 11 is 2.92. The molecule has 158 valence electrons. The molecule has 12 heteroatoms. The Morgan fingerprint density at radius 1 is 1.24 bits per heavy atom. The molecule has 1 amide bonds. The maximum atomic E-state index is 13.0. The summed E-state index contributed by atoms with van der Waals surface area (Å²) in [5.41, 5.74) is 0.676. The number of hydrogen-bond acceptors (Lipinski definition) is 8. The van der Waals surface area contributed by atoms with E-state index in [-0.39, 0.29) is 50.0 Å². The number of nitrogens with zero attached hydrogens (tertiary/aromatic N) is 3. The summed E-state index contributed by atoms with van der Waals surface area (Å²) in [7, 11) is -6.95. The normalized spacial score (nSPS) is 22.8. The molecule has 4 rings (SSSR count). The van der Waals surface area contributed by atoms with Crippen LogP contribution in [0.5, 0.6) is 0 Å². The third kappa shape index (κ3) is 4.13. The molecular weight excluding hydrogens is 454 g/mol. The summed E-state index contributed by atoms with van der Waals surface area (Å²) in [4.78, 5) is 20.7. The fraction of sp³-hybridized carbons (Fsp3) is 0.529. The van der Waals surface area contributed by atoms with Gasteiger partial charge in [0.2, 0.25) is 10.0 Å². The van der Waals surface area contributed by atoms with Crippen LogP contribution in [0.15, 0.2) is 17.5 Å². The molecule has 0 spiro atoms. The molecule has 0 N–H and O–H groups in total. The van der Waals surface area contributed by atoms with Crippen molar-refractivity contribution in [3.05, 3.63) is 28.1 Å². The molecule has 0 saturated carbocycles. The molecule has 2 aromatic heterocycles. The highest BCUT2D eigenvalue weighted by molar-refractivity contribution is 7.95. The second-order valence-corrected chi connectivity index (χ2v) is 13.6. The largest absolute Gasteiger partial charge is 0.335 e. The average molecular weight is 476 g/mol. The summed E-state index contributed by atoms with van der Waals surface area (Å²) < 4.78 is 50.2. The van der Waals surface area contributed by atoms with Crippen LogP contribution in [0.3, 0.4) is 0 Å². The maximum Gasteiger partial charge on any atom is 0.265 e. The van der Waals surface area contributed by atoms with Gasteiger partial charge in [0.05, 0.1) is 27.3 Å². The van der Waals surface area contributed by atoms with Crippen LogP contribution >= 0.6 is 22.7 Å². The third-order valence-corrected chi connectivity index (χ3v) is 11.7. The van der Waals surface area contributed by atoms with Gasteiger partial charge in [0.25, 0.3) is 5.91 Å². The van der Waals surface area contributed by atoms with Crippen molar-refractivity contribution in [1.29, 1.82) is 0 Å². The Labute approximate surface area is 178 Å². The summed E-state index contributed by atoms with van der Waals surface area (Å²) in [5, 5.41) is 1.90. The molecule has 0 aromatic carbocycles. The highest BCUT2D eigenvalue weighted by Gasteiger charge is 2.41. The van der Waals surface area contributed by atoms with Gasteiger partial charge in [-0.15, -0.1) is 22.7 Å². The van der Waals surface area contributed by atoms with Crippen LogP contribution in [0.1, 0.15) is 21.8 Å². The van der Waals surface area contributed by atoms with Crippen LogP contribution in [-0.4, -0.2) is 79.9 Å². The first-order chi connectivity index (χ1) is 13.7. The van der Waals surface area contributed by atoms with Crippen LogP contribution in [0.25, 0.3) is 9.88 Å². The lowest BCUT2D eigenvalue weighted by atomic mass is 10.3. The summed E-state index contributed by atoms with van der Waals surface area (Å²) in [6, 6.07) is 3.90. The van der Waals surface area contributed by atoms with Gasteiger partial charge in [-0.25, -0.2) is 21.8 Å². The second-order valence-electron chi connectivity index (χ2n) is 7.17. The Bertz CT molecular complexity index is 1110. The number of piperazine rings is 1. The highest BCUT2D eigenvalue weighted by atomic mass is 32.2. The van der Waals surface area contributed by atoms with Crippen LogP contribution in [0, 0.1) is 6.92 Å². The van der Waals surface area contributed by atoms with Gasteiger partial charge in [-0.05, 0) is 24.8 Å². The first-order valence-electron chi connectivity index (χ1n) is 9.17. The molecule has 2 aliphatic rings. The van der Waals surface area contributed by atoms with Gasteiger partial charge in [-0.2, -0.15) is 4.31 Å². The van der Waals surface area contributed by atoms with Crippen LogP contribution in [0.4, 0.5) is 0 Å². The van der Waals surface area contributed by atoms with Crippen LogP contribution in [-0.2, 0) is 19.9 Å². The van der Waals surface area contributed by atoms with E-state index in [2.05, 4.69) is 4.98 Å². The number of thiophene rings is 1. The van der Waals surface area contributed by atoms with Crippen molar-refractivity contribution in [3.8, 4) is 9.88 Å². The van der Waals surface area contributed by atoms with E-state index in [0.717, 1.165) is 9.88 Å². The lowest BCUT2D eigenvalue weighted by Gasteiger charge is -2.35. The molecule has 2 aliphatic heterocycles. The van der Waals surface area contributed by atoms with Crippen molar-refractivity contribution in [2.24, 2.45) is 0 Å². The molecule has 1 unspecified atom stereocenters. The van der Waals surface area contributed by atoms with Gasteiger partial charge in [0.1, 0.15) is 9.88 Å². The fourth-order valence-corrected chi connectivity index (χ4v) is 9.94. The Balaban J connectivity index is 1.43. The van der Waals surface area contributed by atoms with Gasteiger partial charge in [0, 0.05) is 26.2 Å². The summed E-state index contributed by atoms with van der Waals surface area (Å²) in [5.74, 6) is -0.518. The molecule has 0 aliphatic carbocycles. The fourth-order valence-electron chi connectivity index (χ4n) is 3.60. The molecule has 29 heavy (non-hydrogen) atoms. The van der Waals surface area contributed by atoms with Gasteiger partial charge >= 0.3 is 0 Å². The SMILES string of the molecule is Cc1nc(-c2cccs2)sc1C(=O)N1CCN(S(=O)(=O)C2CCS(=O)(=O)C2)CC1. The lowest BCUT2D eigenvalue weighted by molar-refractivity contribution is 0.0701. The number of carbonyl (C=O) groups is 1. The predicted octanol–water partition coefficient (Wildman–Crippen LogP) is 1.45. The van der Waals surface area contributed by atoms with Gasteiger partial charge < -0.3 is 4.90 Å². The minimum Gasteiger partial charge on any atom is -0.335 e. The Morgan fingerprint density at radius 3 is 2.55 bits per heavy atom. The van der Waals surface area contributed by atoms with E-state index in [9.17, 15) is 21.6 Å². The highest BCUT2D eigenvalue weighted by Crippen LogP contribution is 2.32. The first-order valence-corrected chi connectivity index (χ1v) is 14.2. The quantitative estimate of drug-likeness (QED) is 0.663. The zero-order chi connectivity index (χ0) is 20.8. The Hall–Kier alpha value is -1.34. The molecule has 2 aromatic rings. The number of aromatic nitrogens is 1. The standard InChI is InChI=1S/C17H21N3O5S4/c1-12-15(27-16(18-12)14-3-2-9-26-14)17(21)19-5-7-20(8-6-19)29(24,25)13-4-10-28(22,23)11-13/h2-3,9,13H,4-8,10-11H2,1H3. The number of sulfone groups is 1. The van der Waals surface area contributed by atoms with E-state index in [4.69, 9.17) is 0 Å². The molecule has 0 radical (unpaired) electrons. The Kier molecular flexibility index (Phi) is 5.57. The number of thiazole rings is 1. The van der Waals surface area contributed by atoms with E-state index in [1.807, 2.05) is 24.4 Å². The predicted molar refractivity (Wildman–Crippen MR) is 114 cm³/mol. The molecule has 1 atom stereocenters. The monoisotopic (exact) mass is 475 g/mol. The van der Waals surface area contributed by atoms with Crippen molar-refractivity contribution >= 4 is 48.4 Å². The van der Waals surface area contributed by atoms with Crippen LogP contribution < -0.4 is 0 Å². The second kappa shape index (κ2) is 7.73. The zero-order valence-electron chi connectivity index (χ0n) is 15.8. The van der Waals surface area contributed by atoms with E-state index in [1.54, 1.807) is 16.2 Å². The molecule has 2 fully saturated rings. The smallest absolute Gasteiger partial charge is 0.265 e. The number of sulfonamides is 1. The maximum absolute atomic E-state index is 13.0. The number of carbonyl (C=O) groups excluding carboxylic acids is 1. The average Bonchev–Trinajstić information content (AvgIpc) is 3.41. The summed E-state index contributed by atoms with van der Waals surface area (Å²) in [6.45, 7) is 2.73. The van der Waals surface area contributed by atoms with E-state index >= 15 is 0 Å². The van der Waals surface area contributed by atoms with Gasteiger partial charge in [-0.3, -0.25) is 4.79 Å². The van der Waals surface area contributed by atoms with Crippen molar-refractivity contribution < 1.29 is 21.6 Å². The minimum absolute atomic E-state index is 0.0768. The van der Waals surface area contributed by atoms with Gasteiger partial charge in [-0.1, -0.05) is 6.07 Å². The van der Waals surface area contributed by atoms with E-state index in [1.165, 1.54) is 15.6 Å². The number of amides is 1. The Morgan fingerprint density at radius 2 is 1.97 bits per heavy atom. The van der Waals surface area contributed by atoms with Crippen molar-refractivity contribution in [1.82, 2.24) is 14.2 Å². The molecule has 2 saturated heterocycles. The van der Waals surface area contributed by atoms with Crippen molar-refractivity contribution in [2.75, 3.05) is 37.7 Å². The van der Waals surface area contributed by atoms with Gasteiger partial charge in [0.15, 0.2) is 9.84 Å². The lowest BCUT2D eigenvalue weighted by Crippen LogP contribution is -2.52. The topological polar surface area (TPSA) is 105 Å². The summed E-state index contributed by atoms with van der Waals surface area (Å²) in [6.07, 6.45) is 0.148. The molecular formula is C17H21N3O5S4. The zero-order valence-corrected chi connectivity index (χ0v) is 19.0. The third-order valence-electron chi connectivity index (χ3n) is 5.22. The minimum atomic E-state index is -3.67. The number of aryl methyl sites for hydroxylation is 1. The van der Waals surface area contributed by atoms with E-state index in [0.29, 0.717) is 10.6 Å². The molecule has 0 bridgehead atoms. The molecule has 8 nitrogen and oxygen atoms in total. The number of rotatable bonds is 4. The van der Waals surface area contributed by atoms with E-state index < -0.39 is 25.1 Å². The van der Waals surface area contributed by atoms with Crippen molar-refractivity contribution in [2.45, 2.75) is 18.6 Å². The van der Waals surface area contributed by atoms with Crippen molar-refractivity contribution in [3.63, 3.8) is 0 Å². The first kappa shape index (κ1) is 20.9.